The van der Waals surface area contributed by atoms with Gasteiger partial charge in [-0.05, 0) is 49.6 Å². The summed E-state index contributed by atoms with van der Waals surface area (Å²) in [5.74, 6) is 0.785. The van der Waals surface area contributed by atoms with Crippen molar-refractivity contribution in [2.45, 2.75) is 25.3 Å². The second-order valence-electron chi connectivity index (χ2n) is 5.95. The first-order valence-corrected chi connectivity index (χ1v) is 8.53. The SMILES string of the molecule is Clc1ccc2oc(N3CCCCC3COc3cccnc3)nc2c1. The molecule has 4 rings (SSSR count). The third kappa shape index (κ3) is 3.17. The Bertz CT molecular complexity index is 822. The van der Waals surface area contributed by atoms with E-state index in [0.29, 0.717) is 17.6 Å². The molecular formula is C18H18ClN3O2. The van der Waals surface area contributed by atoms with Crippen LogP contribution in [-0.2, 0) is 0 Å². The molecule has 2 aromatic heterocycles. The van der Waals surface area contributed by atoms with Crippen LogP contribution in [-0.4, -0.2) is 29.2 Å². The van der Waals surface area contributed by atoms with E-state index in [0.717, 1.165) is 36.2 Å². The van der Waals surface area contributed by atoms with Gasteiger partial charge in [0, 0.05) is 17.8 Å². The molecule has 3 aromatic rings. The topological polar surface area (TPSA) is 51.4 Å². The summed E-state index contributed by atoms with van der Waals surface area (Å²) in [6.45, 7) is 1.51. The van der Waals surface area contributed by atoms with Crippen LogP contribution in [0.4, 0.5) is 6.01 Å². The van der Waals surface area contributed by atoms with Crippen molar-refractivity contribution in [3.63, 3.8) is 0 Å². The third-order valence-corrected chi connectivity index (χ3v) is 4.52. The predicted octanol–water partition coefficient (Wildman–Crippen LogP) is 4.31. The first-order valence-electron chi connectivity index (χ1n) is 8.15. The Morgan fingerprint density at radius 1 is 1.29 bits per heavy atom. The number of hydrogen-bond donors (Lipinski definition) is 0. The van der Waals surface area contributed by atoms with Crippen molar-refractivity contribution in [3.05, 3.63) is 47.7 Å². The summed E-state index contributed by atoms with van der Waals surface area (Å²) < 4.78 is 11.8. The van der Waals surface area contributed by atoms with Gasteiger partial charge >= 0.3 is 0 Å². The standard InChI is InChI=1S/C18H18ClN3O2/c19-13-6-7-17-16(10-13)21-18(24-17)22-9-2-1-4-14(22)12-23-15-5-3-8-20-11-15/h3,5-8,10-11,14H,1-2,4,9,12H2. The highest BCUT2D eigenvalue weighted by atomic mass is 35.5. The van der Waals surface area contributed by atoms with E-state index >= 15 is 0 Å². The number of fused-ring (bicyclic) bond motifs is 1. The van der Waals surface area contributed by atoms with E-state index in [9.17, 15) is 0 Å². The zero-order chi connectivity index (χ0) is 16.4. The molecule has 0 N–H and O–H groups in total. The molecule has 0 spiro atoms. The van der Waals surface area contributed by atoms with Crippen molar-refractivity contribution < 1.29 is 9.15 Å². The van der Waals surface area contributed by atoms with Crippen LogP contribution < -0.4 is 9.64 Å². The zero-order valence-electron chi connectivity index (χ0n) is 13.2. The Morgan fingerprint density at radius 3 is 3.12 bits per heavy atom. The fraction of sp³-hybridized carbons (Fsp3) is 0.333. The number of oxazole rings is 1. The summed E-state index contributed by atoms with van der Waals surface area (Å²) in [7, 11) is 0. The minimum Gasteiger partial charge on any atom is -0.490 e. The number of ether oxygens (including phenoxy) is 1. The summed E-state index contributed by atoms with van der Waals surface area (Å²) in [5, 5.41) is 0.664. The second kappa shape index (κ2) is 6.69. The molecule has 1 aliphatic heterocycles. The molecule has 0 saturated carbocycles. The van der Waals surface area contributed by atoms with E-state index < -0.39 is 0 Å². The van der Waals surface area contributed by atoms with Crippen molar-refractivity contribution in [1.29, 1.82) is 0 Å². The molecule has 1 atom stereocenters. The molecule has 3 heterocycles. The zero-order valence-corrected chi connectivity index (χ0v) is 13.9. The Hall–Kier alpha value is -2.27. The lowest BCUT2D eigenvalue weighted by Crippen LogP contribution is -2.43. The molecule has 1 aliphatic rings. The van der Waals surface area contributed by atoms with Gasteiger partial charge in [0.2, 0.25) is 0 Å². The van der Waals surface area contributed by atoms with Crippen molar-refractivity contribution in [1.82, 2.24) is 9.97 Å². The van der Waals surface area contributed by atoms with Crippen molar-refractivity contribution >= 4 is 28.7 Å². The molecule has 0 amide bonds. The third-order valence-electron chi connectivity index (χ3n) is 4.29. The maximum Gasteiger partial charge on any atom is 0.298 e. The van der Waals surface area contributed by atoms with Crippen LogP contribution in [0.25, 0.3) is 11.1 Å². The van der Waals surface area contributed by atoms with Gasteiger partial charge in [0.1, 0.15) is 17.9 Å². The number of anilines is 1. The normalized spacial score (nSPS) is 18.0. The number of benzene rings is 1. The number of piperidine rings is 1. The molecule has 0 radical (unpaired) electrons. The van der Waals surface area contributed by atoms with Gasteiger partial charge in [-0.25, -0.2) is 0 Å². The molecule has 6 heteroatoms. The van der Waals surface area contributed by atoms with E-state index in [1.807, 2.05) is 30.3 Å². The number of hydrogen-bond acceptors (Lipinski definition) is 5. The van der Waals surface area contributed by atoms with Crippen molar-refractivity contribution in [2.24, 2.45) is 0 Å². The highest BCUT2D eigenvalue weighted by Gasteiger charge is 2.27. The number of rotatable bonds is 4. The van der Waals surface area contributed by atoms with Gasteiger partial charge in [-0.15, -0.1) is 0 Å². The Balaban J connectivity index is 1.54. The van der Waals surface area contributed by atoms with E-state index in [2.05, 4.69) is 14.9 Å². The van der Waals surface area contributed by atoms with Crippen molar-refractivity contribution in [2.75, 3.05) is 18.1 Å². The highest BCUT2D eigenvalue weighted by molar-refractivity contribution is 6.31. The summed E-state index contributed by atoms with van der Waals surface area (Å²) in [4.78, 5) is 10.9. The van der Waals surface area contributed by atoms with Crippen LogP contribution >= 0.6 is 11.6 Å². The summed E-state index contributed by atoms with van der Waals surface area (Å²) in [6.07, 6.45) is 6.84. The number of pyridine rings is 1. The molecule has 0 bridgehead atoms. The quantitative estimate of drug-likeness (QED) is 0.706. The Kier molecular flexibility index (Phi) is 4.26. The Labute approximate surface area is 145 Å². The molecule has 0 aliphatic carbocycles. The monoisotopic (exact) mass is 343 g/mol. The van der Waals surface area contributed by atoms with Crippen molar-refractivity contribution in [3.8, 4) is 5.75 Å². The molecule has 1 fully saturated rings. The predicted molar refractivity (Wildman–Crippen MR) is 93.7 cm³/mol. The summed E-state index contributed by atoms with van der Waals surface area (Å²) in [5.41, 5.74) is 1.54. The largest absolute Gasteiger partial charge is 0.490 e. The van der Waals surface area contributed by atoms with Crippen LogP contribution in [0.15, 0.2) is 47.1 Å². The maximum absolute atomic E-state index is 6.04. The molecule has 1 aromatic carbocycles. The lowest BCUT2D eigenvalue weighted by molar-refractivity contribution is 0.254. The molecule has 1 saturated heterocycles. The average Bonchev–Trinajstić information content (AvgIpc) is 3.04. The fourth-order valence-corrected chi connectivity index (χ4v) is 3.23. The van der Waals surface area contributed by atoms with Gasteiger partial charge in [0.05, 0.1) is 12.2 Å². The molecule has 124 valence electrons. The lowest BCUT2D eigenvalue weighted by atomic mass is 10.0. The van der Waals surface area contributed by atoms with Crippen LogP contribution in [0, 0.1) is 0 Å². The Morgan fingerprint density at radius 2 is 2.25 bits per heavy atom. The van der Waals surface area contributed by atoms with Crippen LogP contribution in [0.5, 0.6) is 5.75 Å². The van der Waals surface area contributed by atoms with Gasteiger partial charge in [-0.2, -0.15) is 4.98 Å². The van der Waals surface area contributed by atoms with E-state index in [1.165, 1.54) is 6.42 Å². The fourth-order valence-electron chi connectivity index (χ4n) is 3.06. The van der Waals surface area contributed by atoms with Gasteiger partial charge in [-0.1, -0.05) is 11.6 Å². The highest BCUT2D eigenvalue weighted by Crippen LogP contribution is 2.29. The summed E-state index contributed by atoms with van der Waals surface area (Å²) >= 11 is 6.04. The van der Waals surface area contributed by atoms with Crippen LogP contribution in [0.3, 0.4) is 0 Å². The molecule has 24 heavy (non-hydrogen) atoms. The first kappa shape index (κ1) is 15.3. The van der Waals surface area contributed by atoms with Gasteiger partial charge in [0.25, 0.3) is 6.01 Å². The van der Waals surface area contributed by atoms with Gasteiger partial charge < -0.3 is 14.1 Å². The number of nitrogens with zero attached hydrogens (tertiary/aromatic N) is 3. The van der Waals surface area contributed by atoms with E-state index in [-0.39, 0.29) is 6.04 Å². The van der Waals surface area contributed by atoms with Gasteiger partial charge in [0.15, 0.2) is 5.58 Å². The van der Waals surface area contributed by atoms with Crippen LogP contribution in [0.2, 0.25) is 5.02 Å². The number of halogens is 1. The summed E-state index contributed by atoms with van der Waals surface area (Å²) in [6, 6.07) is 10.2. The number of aromatic nitrogens is 2. The maximum atomic E-state index is 6.04. The average molecular weight is 344 g/mol. The van der Waals surface area contributed by atoms with E-state index in [1.54, 1.807) is 12.4 Å². The minimum absolute atomic E-state index is 0.238. The second-order valence-corrected chi connectivity index (χ2v) is 6.39. The van der Waals surface area contributed by atoms with Gasteiger partial charge in [-0.3, -0.25) is 4.98 Å². The minimum atomic E-state index is 0.238. The molecule has 1 unspecified atom stereocenters. The lowest BCUT2D eigenvalue weighted by Gasteiger charge is -2.34. The first-order chi connectivity index (χ1) is 11.8. The van der Waals surface area contributed by atoms with E-state index in [4.69, 9.17) is 20.8 Å². The smallest absolute Gasteiger partial charge is 0.298 e. The van der Waals surface area contributed by atoms with Crippen LogP contribution in [0.1, 0.15) is 19.3 Å². The molecular weight excluding hydrogens is 326 g/mol. The molecule has 5 nitrogen and oxygen atoms in total.